The molecule has 0 atom stereocenters. The Hall–Kier alpha value is -2.78. The molecule has 0 radical (unpaired) electrons. The largest absolute Gasteiger partial charge is 0.504 e. The predicted molar refractivity (Wildman–Crippen MR) is 88.3 cm³/mol. The van der Waals surface area contributed by atoms with E-state index in [0.29, 0.717) is 11.3 Å². The number of aromatic hydroxyl groups is 1. The Kier molecular flexibility index (Phi) is 5.27. The molecule has 2 aromatic rings. The second-order valence-electron chi connectivity index (χ2n) is 4.89. The molecule has 0 aromatic heterocycles. The number of nitrogens with two attached hydrogens (primary N) is 1. The Bertz CT molecular complexity index is 852. The molecule has 0 fully saturated rings. The number of rotatable bonds is 5. The zero-order chi connectivity index (χ0) is 17.7. The monoisotopic (exact) mass is 351 g/mol. The summed E-state index contributed by atoms with van der Waals surface area (Å²) in [4.78, 5) is 11.8. The fourth-order valence-electron chi connectivity index (χ4n) is 1.95. The molecule has 24 heavy (non-hydrogen) atoms. The van der Waals surface area contributed by atoms with Gasteiger partial charge < -0.3 is 20.5 Å². The van der Waals surface area contributed by atoms with Crippen molar-refractivity contribution in [3.8, 4) is 11.5 Å². The third-order valence-corrected chi connectivity index (χ3v) is 4.03. The van der Waals surface area contributed by atoms with Crippen LogP contribution in [0.25, 0.3) is 0 Å². The number of ether oxygens (including phenoxy) is 1. The molecule has 2 aromatic carbocycles. The number of carbonyl (C=O) groups excluding carboxylic acids is 1. The Morgan fingerprint density at radius 2 is 2.00 bits per heavy atom. The van der Waals surface area contributed by atoms with E-state index < -0.39 is 16.1 Å². The van der Waals surface area contributed by atoms with E-state index in [1.165, 1.54) is 37.4 Å². The van der Waals surface area contributed by atoms with Gasteiger partial charge in [-0.25, -0.2) is 18.4 Å². The van der Waals surface area contributed by atoms with Crippen LogP contribution in [-0.2, 0) is 16.6 Å². The minimum absolute atomic E-state index is 0.0296. The highest BCUT2D eigenvalue weighted by atomic mass is 32.2. The van der Waals surface area contributed by atoms with Crippen LogP contribution in [0.1, 0.15) is 5.56 Å². The van der Waals surface area contributed by atoms with E-state index in [-0.39, 0.29) is 22.9 Å². The van der Waals surface area contributed by atoms with E-state index in [0.717, 1.165) is 0 Å². The van der Waals surface area contributed by atoms with Crippen LogP contribution in [0.2, 0.25) is 0 Å². The minimum atomic E-state index is -3.84. The van der Waals surface area contributed by atoms with Gasteiger partial charge in [-0.15, -0.1) is 0 Å². The van der Waals surface area contributed by atoms with E-state index in [2.05, 4.69) is 10.6 Å². The molecule has 0 bridgehead atoms. The summed E-state index contributed by atoms with van der Waals surface area (Å²) in [7, 11) is -2.40. The van der Waals surface area contributed by atoms with Gasteiger partial charge in [-0.05, 0) is 35.9 Å². The van der Waals surface area contributed by atoms with Gasteiger partial charge in [0.15, 0.2) is 11.5 Å². The van der Waals surface area contributed by atoms with Gasteiger partial charge in [0.05, 0.1) is 12.0 Å². The van der Waals surface area contributed by atoms with Crippen molar-refractivity contribution < 1.29 is 23.1 Å². The number of phenolic OH excluding ortho intramolecular Hbond substituents is 1. The highest BCUT2D eigenvalue weighted by molar-refractivity contribution is 7.89. The van der Waals surface area contributed by atoms with E-state index >= 15 is 0 Å². The number of nitrogens with one attached hydrogen (secondary N) is 2. The minimum Gasteiger partial charge on any atom is -0.504 e. The van der Waals surface area contributed by atoms with Crippen molar-refractivity contribution in [2.75, 3.05) is 12.4 Å². The summed E-state index contributed by atoms with van der Waals surface area (Å²) in [5.74, 6) is 0.307. The standard InChI is InChI=1S/C15H17N3O5S/c1-23-14-6-5-10(7-13(14)19)9-17-15(20)18-11-3-2-4-12(8-11)24(16,21)22/h2-8,19H,9H2,1H3,(H2,16,21,22)(H2,17,18,20). The number of phenols is 1. The van der Waals surface area contributed by atoms with Gasteiger partial charge in [0.2, 0.25) is 10.0 Å². The van der Waals surface area contributed by atoms with E-state index in [1.54, 1.807) is 12.1 Å². The molecule has 5 N–H and O–H groups in total. The molecule has 8 nitrogen and oxygen atoms in total. The van der Waals surface area contributed by atoms with E-state index in [1.807, 2.05) is 0 Å². The topological polar surface area (TPSA) is 131 Å². The summed E-state index contributed by atoms with van der Waals surface area (Å²) in [6.07, 6.45) is 0. The van der Waals surface area contributed by atoms with Crippen LogP contribution in [0, 0.1) is 0 Å². The molecule has 0 aliphatic rings. The number of hydrogen-bond donors (Lipinski definition) is 4. The Morgan fingerprint density at radius 1 is 1.25 bits per heavy atom. The summed E-state index contributed by atoms with van der Waals surface area (Å²) in [6, 6.07) is 9.81. The Balaban J connectivity index is 1.98. The quantitative estimate of drug-likeness (QED) is 0.646. The number of primary sulfonamides is 1. The lowest BCUT2D eigenvalue weighted by Crippen LogP contribution is -2.28. The number of anilines is 1. The maximum Gasteiger partial charge on any atom is 0.319 e. The molecule has 0 saturated carbocycles. The third-order valence-electron chi connectivity index (χ3n) is 3.12. The number of hydrogen-bond acceptors (Lipinski definition) is 5. The van der Waals surface area contributed by atoms with Gasteiger partial charge in [0.1, 0.15) is 0 Å². The zero-order valence-electron chi connectivity index (χ0n) is 12.8. The lowest BCUT2D eigenvalue weighted by Gasteiger charge is -2.10. The van der Waals surface area contributed by atoms with Crippen molar-refractivity contribution in [3.05, 3.63) is 48.0 Å². The van der Waals surface area contributed by atoms with Gasteiger partial charge in [-0.2, -0.15) is 0 Å². The highest BCUT2D eigenvalue weighted by Gasteiger charge is 2.09. The fraction of sp³-hybridized carbons (Fsp3) is 0.133. The number of carbonyl (C=O) groups is 1. The van der Waals surface area contributed by atoms with Crippen LogP contribution in [0.4, 0.5) is 10.5 Å². The molecule has 0 spiro atoms. The SMILES string of the molecule is COc1ccc(CNC(=O)Nc2cccc(S(N)(=O)=O)c2)cc1O. The molecule has 9 heteroatoms. The van der Waals surface area contributed by atoms with Crippen LogP contribution in [-0.4, -0.2) is 26.7 Å². The van der Waals surface area contributed by atoms with Gasteiger partial charge in [-0.3, -0.25) is 0 Å². The van der Waals surface area contributed by atoms with Crippen LogP contribution >= 0.6 is 0 Å². The second kappa shape index (κ2) is 7.20. The van der Waals surface area contributed by atoms with Crippen molar-refractivity contribution in [3.63, 3.8) is 0 Å². The average Bonchev–Trinajstić information content (AvgIpc) is 2.52. The van der Waals surface area contributed by atoms with Crippen molar-refractivity contribution in [2.45, 2.75) is 11.4 Å². The molecule has 128 valence electrons. The summed E-state index contributed by atoms with van der Waals surface area (Å²) in [5.41, 5.74) is 0.957. The number of amides is 2. The average molecular weight is 351 g/mol. The predicted octanol–water partition coefficient (Wildman–Crippen LogP) is 1.37. The molecule has 2 amide bonds. The van der Waals surface area contributed by atoms with Crippen molar-refractivity contribution >= 4 is 21.7 Å². The van der Waals surface area contributed by atoms with E-state index in [4.69, 9.17) is 9.88 Å². The third kappa shape index (κ3) is 4.61. The maximum absolute atomic E-state index is 11.9. The van der Waals surface area contributed by atoms with Gasteiger partial charge in [-0.1, -0.05) is 12.1 Å². The van der Waals surface area contributed by atoms with Gasteiger partial charge in [0.25, 0.3) is 0 Å². The first-order valence-electron chi connectivity index (χ1n) is 6.83. The summed E-state index contributed by atoms with van der Waals surface area (Å²) < 4.78 is 27.5. The number of methoxy groups -OCH3 is 1. The van der Waals surface area contributed by atoms with Crippen LogP contribution in [0.3, 0.4) is 0 Å². The fourth-order valence-corrected chi connectivity index (χ4v) is 2.51. The van der Waals surface area contributed by atoms with Crippen molar-refractivity contribution in [1.29, 1.82) is 0 Å². The zero-order valence-corrected chi connectivity index (χ0v) is 13.6. The van der Waals surface area contributed by atoms with Gasteiger partial charge in [0, 0.05) is 12.2 Å². The first-order chi connectivity index (χ1) is 11.3. The first kappa shape index (κ1) is 17.6. The molecule has 0 aliphatic carbocycles. The molecule has 0 heterocycles. The molecule has 0 unspecified atom stereocenters. The van der Waals surface area contributed by atoms with Crippen molar-refractivity contribution in [1.82, 2.24) is 5.32 Å². The number of benzene rings is 2. The Labute approximate surface area is 139 Å². The second-order valence-corrected chi connectivity index (χ2v) is 6.45. The first-order valence-corrected chi connectivity index (χ1v) is 8.38. The van der Waals surface area contributed by atoms with Crippen LogP contribution in [0.15, 0.2) is 47.4 Å². The summed E-state index contributed by atoms with van der Waals surface area (Å²) in [6.45, 7) is 0.165. The lowest BCUT2D eigenvalue weighted by atomic mass is 10.2. The van der Waals surface area contributed by atoms with Gasteiger partial charge >= 0.3 is 6.03 Å². The van der Waals surface area contributed by atoms with E-state index in [9.17, 15) is 18.3 Å². The molecule has 0 saturated heterocycles. The molecular formula is C15H17N3O5S. The summed E-state index contributed by atoms with van der Waals surface area (Å²) in [5, 5.41) is 19.8. The number of urea groups is 1. The normalized spacial score (nSPS) is 10.9. The maximum atomic E-state index is 11.9. The lowest BCUT2D eigenvalue weighted by molar-refractivity contribution is 0.251. The van der Waals surface area contributed by atoms with Crippen LogP contribution < -0.4 is 20.5 Å². The molecular weight excluding hydrogens is 334 g/mol. The highest BCUT2D eigenvalue weighted by Crippen LogP contribution is 2.26. The molecule has 0 aliphatic heterocycles. The summed E-state index contributed by atoms with van der Waals surface area (Å²) >= 11 is 0. The molecule has 2 rings (SSSR count). The smallest absolute Gasteiger partial charge is 0.319 e. The van der Waals surface area contributed by atoms with Crippen LogP contribution in [0.5, 0.6) is 11.5 Å². The number of sulfonamides is 1. The Morgan fingerprint density at radius 3 is 2.62 bits per heavy atom. The van der Waals surface area contributed by atoms with Crippen molar-refractivity contribution in [2.24, 2.45) is 5.14 Å².